The van der Waals surface area contributed by atoms with Gasteiger partial charge >= 0.3 is 18.2 Å². The summed E-state index contributed by atoms with van der Waals surface area (Å²) in [5.74, 6) is -2.76. The van der Waals surface area contributed by atoms with Gasteiger partial charge in [0, 0.05) is 22.3 Å². The van der Waals surface area contributed by atoms with Crippen LogP contribution in [0, 0.1) is 0 Å². The molecule has 4 aromatic rings. The molecule has 1 atom stereocenters. The molecule has 0 aliphatic carbocycles. The summed E-state index contributed by atoms with van der Waals surface area (Å²) < 4.78 is 56.3. The van der Waals surface area contributed by atoms with Gasteiger partial charge in [-0.2, -0.15) is 13.2 Å². The number of ether oxygens (including phenoxy) is 3. The number of carbonyl (C=O) groups is 3. The Morgan fingerprint density at radius 1 is 1.05 bits per heavy atom. The van der Waals surface area contributed by atoms with E-state index in [0.29, 0.717) is 16.8 Å². The molecule has 0 fully saturated rings. The van der Waals surface area contributed by atoms with Gasteiger partial charge in [-0.3, -0.25) is 15.0 Å². The number of carbonyl (C=O) groups excluding carboxylic acids is 3. The number of anilines is 1. The molecule has 0 bridgehead atoms. The Hall–Kier alpha value is -5.07. The first kappa shape index (κ1) is 26.5. The second kappa shape index (κ2) is 9.91. The molecule has 1 aliphatic heterocycles. The minimum Gasteiger partial charge on any atom is -0.496 e. The van der Waals surface area contributed by atoms with E-state index in [1.54, 1.807) is 30.3 Å². The van der Waals surface area contributed by atoms with Crippen LogP contribution in [0.15, 0.2) is 66.7 Å². The molecule has 2 amide bonds. The van der Waals surface area contributed by atoms with E-state index in [0.717, 1.165) is 4.90 Å². The van der Waals surface area contributed by atoms with Crippen molar-refractivity contribution in [3.05, 3.63) is 89.0 Å². The van der Waals surface area contributed by atoms with Crippen LogP contribution in [0.1, 0.15) is 27.0 Å². The first-order valence-electron chi connectivity index (χ1n) is 11.8. The molecule has 40 heavy (non-hydrogen) atoms. The number of nitrogens with zero attached hydrogens (tertiary/aromatic N) is 2. The van der Waals surface area contributed by atoms with Gasteiger partial charge in [0.15, 0.2) is 0 Å². The molecule has 0 saturated heterocycles. The maximum Gasteiger partial charge on any atom is 0.491 e. The SMILES string of the molecule is COC(=O)Nc1nc2ccc(C3(OC(=O)C(F)(F)F)c4ccccc4C(=O)N3Cc3ccccc3OC)cc2[nH]1. The molecule has 2 heterocycles. The maximum atomic E-state index is 13.8. The van der Waals surface area contributed by atoms with Crippen molar-refractivity contribution in [2.45, 2.75) is 18.4 Å². The van der Waals surface area contributed by atoms with Crippen LogP contribution >= 0.6 is 0 Å². The second-order valence-corrected chi connectivity index (χ2v) is 8.71. The molecule has 2 N–H and O–H groups in total. The number of fused-ring (bicyclic) bond motifs is 2. The zero-order chi connectivity index (χ0) is 28.7. The van der Waals surface area contributed by atoms with Gasteiger partial charge in [-0.1, -0.05) is 42.5 Å². The normalized spacial score (nSPS) is 16.5. The van der Waals surface area contributed by atoms with Crippen LogP contribution in [0.3, 0.4) is 0 Å². The first-order chi connectivity index (χ1) is 19.1. The third-order valence-electron chi connectivity index (χ3n) is 6.42. The Balaban J connectivity index is 1.74. The van der Waals surface area contributed by atoms with Crippen LogP contribution in [-0.4, -0.2) is 53.2 Å². The molecule has 13 heteroatoms. The molecule has 0 saturated carbocycles. The number of hydrogen-bond donors (Lipinski definition) is 2. The van der Waals surface area contributed by atoms with E-state index in [1.807, 2.05) is 0 Å². The summed E-state index contributed by atoms with van der Waals surface area (Å²) in [4.78, 5) is 46.0. The minimum atomic E-state index is -5.36. The van der Waals surface area contributed by atoms with Crippen molar-refractivity contribution in [1.82, 2.24) is 14.9 Å². The summed E-state index contributed by atoms with van der Waals surface area (Å²) in [5, 5.41) is 2.37. The van der Waals surface area contributed by atoms with Gasteiger partial charge in [-0.15, -0.1) is 0 Å². The highest BCUT2D eigenvalue weighted by Crippen LogP contribution is 2.48. The highest BCUT2D eigenvalue weighted by Gasteiger charge is 2.57. The summed E-state index contributed by atoms with van der Waals surface area (Å²) in [7, 11) is 2.59. The van der Waals surface area contributed by atoms with E-state index in [2.05, 4.69) is 20.0 Å². The van der Waals surface area contributed by atoms with Crippen LogP contribution in [-0.2, 0) is 26.5 Å². The average Bonchev–Trinajstić information content (AvgIpc) is 3.44. The Labute approximate surface area is 224 Å². The van der Waals surface area contributed by atoms with E-state index in [1.165, 1.54) is 50.6 Å². The first-order valence-corrected chi connectivity index (χ1v) is 11.8. The fourth-order valence-corrected chi connectivity index (χ4v) is 4.69. The molecule has 5 rings (SSSR count). The molecule has 1 aliphatic rings. The number of rotatable bonds is 6. The van der Waals surface area contributed by atoms with E-state index in [4.69, 9.17) is 9.47 Å². The average molecular weight is 554 g/mol. The number of halogens is 3. The summed E-state index contributed by atoms with van der Waals surface area (Å²) in [5.41, 5.74) is -1.12. The summed E-state index contributed by atoms with van der Waals surface area (Å²) >= 11 is 0. The molecular weight excluding hydrogens is 533 g/mol. The van der Waals surface area contributed by atoms with Crippen LogP contribution < -0.4 is 10.1 Å². The van der Waals surface area contributed by atoms with Crippen molar-refractivity contribution < 1.29 is 41.8 Å². The molecule has 10 nitrogen and oxygen atoms in total. The topological polar surface area (TPSA) is 123 Å². The molecule has 206 valence electrons. The number of methoxy groups -OCH3 is 2. The number of benzene rings is 3. The van der Waals surface area contributed by atoms with E-state index in [9.17, 15) is 27.6 Å². The second-order valence-electron chi connectivity index (χ2n) is 8.71. The number of imidazole rings is 1. The fraction of sp³-hybridized carbons (Fsp3) is 0.185. The fourth-order valence-electron chi connectivity index (χ4n) is 4.69. The summed E-state index contributed by atoms with van der Waals surface area (Å²) in [6.07, 6.45) is -6.16. The van der Waals surface area contributed by atoms with Gasteiger partial charge in [0.05, 0.1) is 31.8 Å². The van der Waals surface area contributed by atoms with Gasteiger partial charge in [0.2, 0.25) is 11.7 Å². The lowest BCUT2D eigenvalue weighted by Crippen LogP contribution is -2.49. The number of H-pyrrole nitrogens is 1. The number of amides is 2. The van der Waals surface area contributed by atoms with Gasteiger partial charge < -0.3 is 19.2 Å². The monoisotopic (exact) mass is 554 g/mol. The number of para-hydroxylation sites is 1. The third-order valence-corrected chi connectivity index (χ3v) is 6.42. The molecule has 0 spiro atoms. The van der Waals surface area contributed by atoms with Crippen LogP contribution in [0.4, 0.5) is 23.9 Å². The number of hydrogen-bond acceptors (Lipinski definition) is 7. The van der Waals surface area contributed by atoms with Gasteiger partial charge in [0.25, 0.3) is 5.91 Å². The van der Waals surface area contributed by atoms with Crippen LogP contribution in [0.25, 0.3) is 11.0 Å². The Kier molecular flexibility index (Phi) is 6.57. The maximum absolute atomic E-state index is 13.8. The lowest BCUT2D eigenvalue weighted by Gasteiger charge is -2.39. The summed E-state index contributed by atoms with van der Waals surface area (Å²) in [6.45, 7) is -0.265. The number of alkyl halides is 3. The van der Waals surface area contributed by atoms with Gasteiger partial charge in [-0.05, 0) is 24.3 Å². The van der Waals surface area contributed by atoms with Crippen molar-refractivity contribution in [1.29, 1.82) is 0 Å². The zero-order valence-corrected chi connectivity index (χ0v) is 21.0. The van der Waals surface area contributed by atoms with E-state index < -0.39 is 29.9 Å². The quantitative estimate of drug-likeness (QED) is 0.331. The largest absolute Gasteiger partial charge is 0.496 e. The van der Waals surface area contributed by atoms with Crippen molar-refractivity contribution in [3.8, 4) is 5.75 Å². The van der Waals surface area contributed by atoms with Crippen molar-refractivity contribution in [2.24, 2.45) is 0 Å². The predicted octanol–water partition coefficient (Wildman–Crippen LogP) is 4.71. The number of aromatic nitrogens is 2. The van der Waals surface area contributed by atoms with Crippen LogP contribution in [0.2, 0.25) is 0 Å². The van der Waals surface area contributed by atoms with Gasteiger partial charge in [-0.25, -0.2) is 14.6 Å². The van der Waals surface area contributed by atoms with Crippen molar-refractivity contribution in [3.63, 3.8) is 0 Å². The molecule has 0 radical (unpaired) electrons. The minimum absolute atomic E-state index is 0.00844. The molecule has 1 aromatic heterocycles. The Morgan fingerprint density at radius 3 is 2.50 bits per heavy atom. The van der Waals surface area contributed by atoms with Crippen molar-refractivity contribution in [2.75, 3.05) is 19.5 Å². The highest BCUT2D eigenvalue weighted by atomic mass is 19.4. The Bertz CT molecular complexity index is 1640. The number of esters is 1. The van der Waals surface area contributed by atoms with E-state index in [-0.39, 0.29) is 34.7 Å². The van der Waals surface area contributed by atoms with Crippen molar-refractivity contribution >= 4 is 35.0 Å². The van der Waals surface area contributed by atoms with Gasteiger partial charge in [0.1, 0.15) is 5.75 Å². The number of aromatic amines is 1. The highest BCUT2D eigenvalue weighted by molar-refractivity contribution is 6.01. The Morgan fingerprint density at radius 2 is 1.77 bits per heavy atom. The lowest BCUT2D eigenvalue weighted by molar-refractivity contribution is -0.222. The summed E-state index contributed by atoms with van der Waals surface area (Å²) in [6, 6.07) is 16.9. The number of nitrogens with one attached hydrogen (secondary N) is 2. The lowest BCUT2D eigenvalue weighted by atomic mass is 9.92. The third kappa shape index (κ3) is 4.44. The zero-order valence-electron chi connectivity index (χ0n) is 21.0. The molecule has 1 unspecified atom stereocenters. The molecular formula is C27H21F3N4O6. The van der Waals surface area contributed by atoms with E-state index >= 15 is 0 Å². The smallest absolute Gasteiger partial charge is 0.491 e. The standard InChI is InChI=1S/C27H21F3N4O6/c1-38-21-10-6-3-7-15(21)14-34-22(35)17-8-4-5-9-18(17)26(34,40-23(36)27(28,29)30)16-11-12-19-20(13-16)32-24(31-19)33-25(37)39-2/h3-13H,14H2,1-2H3,(H2,31,32,33,37). The molecule has 3 aromatic carbocycles. The predicted molar refractivity (Wildman–Crippen MR) is 134 cm³/mol. The van der Waals surface area contributed by atoms with Crippen LogP contribution in [0.5, 0.6) is 5.75 Å².